The molecule has 0 saturated heterocycles. The van der Waals surface area contributed by atoms with E-state index in [1.54, 1.807) is 6.92 Å². The van der Waals surface area contributed by atoms with Gasteiger partial charge in [0.05, 0.1) is 21.0 Å². The van der Waals surface area contributed by atoms with Crippen molar-refractivity contribution in [2.24, 2.45) is 5.14 Å². The summed E-state index contributed by atoms with van der Waals surface area (Å²) in [5.41, 5.74) is -0.211. The van der Waals surface area contributed by atoms with Crippen molar-refractivity contribution in [2.75, 3.05) is 0 Å². The summed E-state index contributed by atoms with van der Waals surface area (Å²) in [6.07, 6.45) is 1.13. The predicted molar refractivity (Wildman–Crippen MR) is 75.3 cm³/mol. The average molecular weight is 368 g/mol. The molecule has 0 aliphatic rings. The van der Waals surface area contributed by atoms with Crippen molar-refractivity contribution >= 4 is 31.9 Å². The lowest BCUT2D eigenvalue weighted by Gasteiger charge is -2.14. The van der Waals surface area contributed by atoms with Gasteiger partial charge in [-0.05, 0) is 41.4 Å². The number of benzene rings is 1. The molecule has 0 aromatic heterocycles. The highest BCUT2D eigenvalue weighted by molar-refractivity contribution is 9.10. The summed E-state index contributed by atoms with van der Waals surface area (Å²) < 4.78 is 41.1. The van der Waals surface area contributed by atoms with E-state index in [2.05, 4.69) is 15.9 Å². The average Bonchev–Trinajstić information content (AvgIpc) is 2.30. The molecule has 0 aliphatic heterocycles. The fraction of sp³-hybridized carbons (Fsp3) is 0.417. The van der Waals surface area contributed by atoms with E-state index in [4.69, 9.17) is 9.88 Å². The first-order chi connectivity index (χ1) is 9.16. The molecule has 112 valence electrons. The number of carbonyl (C=O) groups is 1. The molecule has 1 aromatic carbocycles. The van der Waals surface area contributed by atoms with Crippen molar-refractivity contribution in [2.45, 2.75) is 37.7 Å². The van der Waals surface area contributed by atoms with Gasteiger partial charge in [0, 0.05) is 0 Å². The van der Waals surface area contributed by atoms with E-state index in [0.29, 0.717) is 6.42 Å². The number of carbonyl (C=O) groups excluding carboxylic acids is 1. The second-order valence-corrected chi connectivity index (χ2v) is 6.64. The quantitative estimate of drug-likeness (QED) is 0.810. The number of nitrogens with two attached hydrogens (primary N) is 1. The van der Waals surface area contributed by atoms with Gasteiger partial charge in [0.1, 0.15) is 5.82 Å². The zero-order valence-electron chi connectivity index (χ0n) is 11.0. The fourth-order valence-electron chi connectivity index (χ4n) is 1.63. The van der Waals surface area contributed by atoms with Crippen LogP contribution in [-0.4, -0.2) is 20.5 Å². The van der Waals surface area contributed by atoms with Gasteiger partial charge < -0.3 is 4.74 Å². The Morgan fingerprint density at radius 3 is 2.60 bits per heavy atom. The number of sulfonamides is 1. The summed E-state index contributed by atoms with van der Waals surface area (Å²) in [4.78, 5) is 11.4. The Hall–Kier alpha value is -0.990. The first-order valence-corrected chi connectivity index (χ1v) is 8.23. The minimum Gasteiger partial charge on any atom is -0.459 e. The molecule has 1 rings (SSSR count). The molecule has 2 N–H and O–H groups in total. The molecule has 0 fully saturated rings. The van der Waals surface area contributed by atoms with E-state index in [1.807, 2.05) is 6.92 Å². The third-order valence-electron chi connectivity index (χ3n) is 2.53. The molecule has 0 amide bonds. The third kappa shape index (κ3) is 4.26. The molecular formula is C12H15BrFNO4S. The van der Waals surface area contributed by atoms with Crippen molar-refractivity contribution in [3.63, 3.8) is 0 Å². The van der Waals surface area contributed by atoms with Crippen LogP contribution in [-0.2, 0) is 14.8 Å². The highest BCUT2D eigenvalue weighted by Crippen LogP contribution is 2.27. The van der Waals surface area contributed by atoms with E-state index in [-0.39, 0.29) is 16.1 Å². The second kappa shape index (κ2) is 6.64. The largest absolute Gasteiger partial charge is 0.459 e. The van der Waals surface area contributed by atoms with Crippen molar-refractivity contribution < 1.29 is 22.3 Å². The molecule has 0 spiro atoms. The van der Waals surface area contributed by atoms with Crippen LogP contribution in [0.15, 0.2) is 21.5 Å². The number of rotatable bonds is 5. The van der Waals surface area contributed by atoms with E-state index >= 15 is 0 Å². The van der Waals surface area contributed by atoms with Gasteiger partial charge in [-0.15, -0.1) is 0 Å². The van der Waals surface area contributed by atoms with Crippen LogP contribution < -0.4 is 5.14 Å². The Labute approximate surface area is 125 Å². The normalized spacial score (nSPS) is 13.1. The van der Waals surface area contributed by atoms with Crippen LogP contribution in [0.2, 0.25) is 0 Å². The van der Waals surface area contributed by atoms with Gasteiger partial charge in [-0.25, -0.2) is 22.7 Å². The molecule has 1 atom stereocenters. The number of halogens is 2. The molecule has 1 unspecified atom stereocenters. The van der Waals surface area contributed by atoms with E-state index in [9.17, 15) is 17.6 Å². The molecule has 0 bridgehead atoms. The number of hydrogen-bond acceptors (Lipinski definition) is 4. The van der Waals surface area contributed by atoms with E-state index < -0.39 is 26.7 Å². The Morgan fingerprint density at radius 1 is 1.50 bits per heavy atom. The van der Waals surface area contributed by atoms with Gasteiger partial charge in [-0.2, -0.15) is 0 Å². The Morgan fingerprint density at radius 2 is 2.10 bits per heavy atom. The summed E-state index contributed by atoms with van der Waals surface area (Å²) >= 11 is 2.95. The monoisotopic (exact) mass is 367 g/mol. The molecule has 0 radical (unpaired) electrons. The Kier molecular flexibility index (Phi) is 5.67. The SMILES string of the molecule is CCCC(C)OC(=O)c1cc(F)cc(S(N)(=O)=O)c1Br. The van der Waals surface area contributed by atoms with Crippen LogP contribution in [0.1, 0.15) is 37.0 Å². The van der Waals surface area contributed by atoms with Gasteiger partial charge in [-0.1, -0.05) is 13.3 Å². The van der Waals surface area contributed by atoms with Gasteiger partial charge in [0.15, 0.2) is 0 Å². The van der Waals surface area contributed by atoms with Gasteiger partial charge >= 0.3 is 5.97 Å². The number of ether oxygens (including phenoxy) is 1. The summed E-state index contributed by atoms with van der Waals surface area (Å²) in [6, 6.07) is 1.64. The Balaban J connectivity index is 3.19. The van der Waals surface area contributed by atoms with Crippen LogP contribution in [0, 0.1) is 5.82 Å². The van der Waals surface area contributed by atoms with E-state index in [0.717, 1.165) is 18.6 Å². The smallest absolute Gasteiger partial charge is 0.339 e. The van der Waals surface area contributed by atoms with Crippen molar-refractivity contribution in [1.29, 1.82) is 0 Å². The van der Waals surface area contributed by atoms with Crippen molar-refractivity contribution in [1.82, 2.24) is 0 Å². The zero-order chi connectivity index (χ0) is 15.5. The van der Waals surface area contributed by atoms with Crippen molar-refractivity contribution in [3.8, 4) is 0 Å². The summed E-state index contributed by atoms with van der Waals surface area (Å²) in [7, 11) is -4.15. The van der Waals surface area contributed by atoms with Crippen LogP contribution in [0.3, 0.4) is 0 Å². The maximum Gasteiger partial charge on any atom is 0.339 e. The third-order valence-corrected chi connectivity index (χ3v) is 4.59. The Bertz CT molecular complexity index is 618. The topological polar surface area (TPSA) is 86.5 Å². The first kappa shape index (κ1) is 17.1. The lowest BCUT2D eigenvalue weighted by atomic mass is 10.2. The highest BCUT2D eigenvalue weighted by Gasteiger charge is 2.23. The predicted octanol–water partition coefficient (Wildman–Crippen LogP) is 2.58. The summed E-state index contributed by atoms with van der Waals surface area (Å²) in [6.45, 7) is 3.64. The molecule has 20 heavy (non-hydrogen) atoms. The lowest BCUT2D eigenvalue weighted by molar-refractivity contribution is 0.0321. The summed E-state index contributed by atoms with van der Waals surface area (Å²) in [5.74, 6) is -1.69. The van der Waals surface area contributed by atoms with Crippen LogP contribution in [0.4, 0.5) is 4.39 Å². The minimum absolute atomic E-state index is 0.102. The number of primary sulfonamides is 1. The zero-order valence-corrected chi connectivity index (χ0v) is 13.4. The molecule has 1 aromatic rings. The second-order valence-electron chi connectivity index (χ2n) is 4.32. The summed E-state index contributed by atoms with van der Waals surface area (Å²) in [5, 5.41) is 4.97. The molecule has 8 heteroatoms. The maximum absolute atomic E-state index is 13.4. The highest BCUT2D eigenvalue weighted by atomic mass is 79.9. The molecule has 0 aliphatic carbocycles. The van der Waals surface area contributed by atoms with E-state index in [1.165, 1.54) is 0 Å². The molecule has 0 heterocycles. The molecule has 0 saturated carbocycles. The lowest BCUT2D eigenvalue weighted by Crippen LogP contribution is -2.18. The number of esters is 1. The van der Waals surface area contributed by atoms with Gasteiger partial charge in [0.2, 0.25) is 10.0 Å². The standard InChI is InChI=1S/C12H15BrFNO4S/c1-3-4-7(2)19-12(16)9-5-8(14)6-10(11(9)13)20(15,17)18/h5-7H,3-4H2,1-2H3,(H2,15,17,18). The van der Waals surface area contributed by atoms with Crippen LogP contribution >= 0.6 is 15.9 Å². The maximum atomic E-state index is 13.4. The van der Waals surface area contributed by atoms with Gasteiger partial charge in [0.25, 0.3) is 0 Å². The molecule has 5 nitrogen and oxygen atoms in total. The minimum atomic E-state index is -4.15. The molecular weight excluding hydrogens is 353 g/mol. The first-order valence-electron chi connectivity index (χ1n) is 5.89. The fourth-order valence-corrected chi connectivity index (χ4v) is 3.34. The van der Waals surface area contributed by atoms with Crippen LogP contribution in [0.25, 0.3) is 0 Å². The number of hydrogen-bond donors (Lipinski definition) is 1. The van der Waals surface area contributed by atoms with Crippen LogP contribution in [0.5, 0.6) is 0 Å². The van der Waals surface area contributed by atoms with Gasteiger partial charge in [-0.3, -0.25) is 0 Å². The van der Waals surface area contributed by atoms with Crippen molar-refractivity contribution in [3.05, 3.63) is 28.0 Å².